The molecular weight excluding hydrogens is 321 g/mol. The molecule has 1 aromatic rings. The van der Waals surface area contributed by atoms with Gasteiger partial charge < -0.3 is 16.0 Å². The summed E-state index contributed by atoms with van der Waals surface area (Å²) in [4.78, 5) is 12.1. The summed E-state index contributed by atoms with van der Waals surface area (Å²) < 4.78 is 0. The zero-order valence-corrected chi connectivity index (χ0v) is 15.1. The highest BCUT2D eigenvalue weighted by molar-refractivity contribution is 5.85. The van der Waals surface area contributed by atoms with Gasteiger partial charge in [-0.05, 0) is 50.4 Å². The Labute approximate surface area is 145 Å². The van der Waals surface area contributed by atoms with Crippen molar-refractivity contribution in [3.05, 3.63) is 29.3 Å². The van der Waals surface area contributed by atoms with Crippen LogP contribution in [-0.4, -0.2) is 31.6 Å². The van der Waals surface area contributed by atoms with Gasteiger partial charge in [0.2, 0.25) is 5.91 Å². The predicted octanol–water partition coefficient (Wildman–Crippen LogP) is 2.67. The molecule has 4 nitrogen and oxygen atoms in total. The Morgan fingerprint density at radius 3 is 2.50 bits per heavy atom. The van der Waals surface area contributed by atoms with Crippen molar-refractivity contribution in [2.45, 2.75) is 33.2 Å². The van der Waals surface area contributed by atoms with E-state index in [9.17, 15) is 4.79 Å². The third kappa shape index (κ3) is 5.67. The topological polar surface area (TPSA) is 53.2 Å². The lowest BCUT2D eigenvalue weighted by molar-refractivity contribution is -0.120. The number of piperidine rings is 1. The number of anilines is 1. The van der Waals surface area contributed by atoms with Crippen LogP contribution in [0.3, 0.4) is 0 Å². The molecule has 0 saturated carbocycles. The summed E-state index contributed by atoms with van der Waals surface area (Å²) in [5.74, 6) is 0.569. The Balaban J connectivity index is 0.00000220. The molecule has 1 aliphatic rings. The number of carbonyl (C=O) groups excluding carboxylic acids is 1. The quantitative estimate of drug-likeness (QED) is 0.784. The molecule has 126 valence electrons. The van der Waals surface area contributed by atoms with Gasteiger partial charge in [-0.25, -0.2) is 0 Å². The van der Waals surface area contributed by atoms with E-state index in [1.54, 1.807) is 0 Å². The van der Waals surface area contributed by atoms with E-state index in [1.807, 2.05) is 6.07 Å². The van der Waals surface area contributed by atoms with Crippen LogP contribution in [0.4, 0.5) is 5.69 Å². The van der Waals surface area contributed by atoms with Crippen molar-refractivity contribution in [1.82, 2.24) is 10.6 Å². The molecule has 0 aliphatic carbocycles. The second-order valence-electron chi connectivity index (χ2n) is 5.76. The molecule has 22 heavy (non-hydrogen) atoms. The van der Waals surface area contributed by atoms with Gasteiger partial charge in [-0.15, -0.1) is 24.8 Å². The van der Waals surface area contributed by atoms with Gasteiger partial charge in [0.25, 0.3) is 0 Å². The number of benzene rings is 1. The van der Waals surface area contributed by atoms with Gasteiger partial charge >= 0.3 is 0 Å². The minimum Gasteiger partial charge on any atom is -0.376 e. The summed E-state index contributed by atoms with van der Waals surface area (Å²) in [6.07, 6.45) is 1.01. The zero-order valence-electron chi connectivity index (χ0n) is 13.4. The Morgan fingerprint density at radius 2 is 1.91 bits per heavy atom. The van der Waals surface area contributed by atoms with Gasteiger partial charge in [-0.2, -0.15) is 0 Å². The molecule has 0 aromatic heterocycles. The van der Waals surface area contributed by atoms with Crippen molar-refractivity contribution in [2.24, 2.45) is 5.92 Å². The summed E-state index contributed by atoms with van der Waals surface area (Å²) >= 11 is 0. The first-order valence-corrected chi connectivity index (χ1v) is 7.38. The van der Waals surface area contributed by atoms with Gasteiger partial charge in [0.15, 0.2) is 0 Å². The van der Waals surface area contributed by atoms with Crippen molar-refractivity contribution in [3.8, 4) is 0 Å². The molecule has 0 spiro atoms. The lowest BCUT2D eigenvalue weighted by Crippen LogP contribution is -2.49. The average molecular weight is 348 g/mol. The standard InChI is InChI=1S/C16H25N3O.2ClH/c1-11-5-4-6-12(2)16(11)18-10-15(20)19-14-7-8-17-9-13(14)3;;/h4-6,13-14,17-18H,7-10H2,1-3H3,(H,19,20);2*1H. The molecule has 2 rings (SSSR count). The molecule has 1 amide bonds. The minimum absolute atomic E-state index is 0. The number of rotatable bonds is 4. The van der Waals surface area contributed by atoms with Gasteiger partial charge in [0.1, 0.15) is 0 Å². The largest absolute Gasteiger partial charge is 0.376 e. The summed E-state index contributed by atoms with van der Waals surface area (Å²) in [6.45, 7) is 8.59. The van der Waals surface area contributed by atoms with Crippen LogP contribution in [0.5, 0.6) is 0 Å². The molecular formula is C16H27Cl2N3O. The number of aryl methyl sites for hydroxylation is 2. The maximum Gasteiger partial charge on any atom is 0.239 e. The fourth-order valence-corrected chi connectivity index (χ4v) is 2.75. The van der Waals surface area contributed by atoms with Gasteiger partial charge in [-0.3, -0.25) is 4.79 Å². The molecule has 1 heterocycles. The molecule has 0 bridgehead atoms. The molecule has 3 N–H and O–H groups in total. The van der Waals surface area contributed by atoms with Crippen LogP contribution >= 0.6 is 24.8 Å². The lowest BCUT2D eigenvalue weighted by atomic mass is 9.95. The first-order valence-electron chi connectivity index (χ1n) is 7.38. The van der Waals surface area contributed by atoms with E-state index in [1.165, 1.54) is 11.1 Å². The average Bonchev–Trinajstić information content (AvgIpc) is 2.41. The Kier molecular flexibility index (Phi) is 9.49. The number of hydrogen-bond acceptors (Lipinski definition) is 3. The molecule has 6 heteroatoms. The molecule has 1 saturated heterocycles. The predicted molar refractivity (Wildman–Crippen MR) is 97.5 cm³/mol. The van der Waals surface area contributed by atoms with Crippen molar-refractivity contribution < 1.29 is 4.79 Å². The number of nitrogens with one attached hydrogen (secondary N) is 3. The summed E-state index contributed by atoms with van der Waals surface area (Å²) in [6, 6.07) is 6.44. The molecule has 2 atom stereocenters. The highest BCUT2D eigenvalue weighted by atomic mass is 35.5. The highest BCUT2D eigenvalue weighted by Gasteiger charge is 2.22. The first kappa shape index (κ1) is 21.0. The number of hydrogen-bond donors (Lipinski definition) is 3. The third-order valence-corrected chi connectivity index (χ3v) is 4.04. The zero-order chi connectivity index (χ0) is 14.5. The van der Waals surface area contributed by atoms with E-state index in [0.29, 0.717) is 18.5 Å². The van der Waals surface area contributed by atoms with Crippen LogP contribution in [0, 0.1) is 19.8 Å². The van der Waals surface area contributed by atoms with Crippen LogP contribution in [0.2, 0.25) is 0 Å². The smallest absolute Gasteiger partial charge is 0.239 e. The normalized spacial score (nSPS) is 20.3. The van der Waals surface area contributed by atoms with E-state index in [-0.39, 0.29) is 30.7 Å². The van der Waals surface area contributed by atoms with Crippen LogP contribution in [0.15, 0.2) is 18.2 Å². The first-order chi connectivity index (χ1) is 9.58. The Hall–Kier alpha value is -0.970. The number of halogens is 2. The lowest BCUT2D eigenvalue weighted by Gasteiger charge is -2.30. The Bertz CT molecular complexity index is 462. The molecule has 0 radical (unpaired) electrons. The number of para-hydroxylation sites is 1. The maximum atomic E-state index is 12.1. The monoisotopic (exact) mass is 347 g/mol. The summed E-state index contributed by atoms with van der Waals surface area (Å²) in [5, 5.41) is 9.74. The van der Waals surface area contributed by atoms with Crippen LogP contribution in [0.1, 0.15) is 24.5 Å². The molecule has 1 aromatic carbocycles. The maximum absolute atomic E-state index is 12.1. The molecule has 2 unspecified atom stereocenters. The van der Waals surface area contributed by atoms with E-state index >= 15 is 0 Å². The SMILES string of the molecule is Cc1cccc(C)c1NCC(=O)NC1CCNCC1C.Cl.Cl. The summed E-state index contributed by atoms with van der Waals surface area (Å²) in [7, 11) is 0. The highest BCUT2D eigenvalue weighted by Crippen LogP contribution is 2.19. The Morgan fingerprint density at radius 1 is 1.27 bits per heavy atom. The van der Waals surface area contributed by atoms with E-state index in [4.69, 9.17) is 0 Å². The second kappa shape index (κ2) is 9.93. The fraction of sp³-hybridized carbons (Fsp3) is 0.562. The fourth-order valence-electron chi connectivity index (χ4n) is 2.75. The van der Waals surface area contributed by atoms with Crippen LogP contribution in [0.25, 0.3) is 0 Å². The molecule has 1 fully saturated rings. The molecule has 1 aliphatic heterocycles. The van der Waals surface area contributed by atoms with Crippen molar-refractivity contribution in [1.29, 1.82) is 0 Å². The van der Waals surface area contributed by atoms with Crippen LogP contribution < -0.4 is 16.0 Å². The van der Waals surface area contributed by atoms with Crippen molar-refractivity contribution >= 4 is 36.4 Å². The van der Waals surface area contributed by atoms with Gasteiger partial charge in [0, 0.05) is 11.7 Å². The van der Waals surface area contributed by atoms with E-state index in [2.05, 4.69) is 48.9 Å². The second-order valence-corrected chi connectivity index (χ2v) is 5.76. The summed E-state index contributed by atoms with van der Waals surface area (Å²) in [5.41, 5.74) is 3.42. The van der Waals surface area contributed by atoms with Crippen molar-refractivity contribution in [3.63, 3.8) is 0 Å². The van der Waals surface area contributed by atoms with Gasteiger partial charge in [-0.1, -0.05) is 25.1 Å². The van der Waals surface area contributed by atoms with Crippen molar-refractivity contribution in [2.75, 3.05) is 25.0 Å². The van der Waals surface area contributed by atoms with E-state index in [0.717, 1.165) is 25.2 Å². The number of carbonyl (C=O) groups is 1. The third-order valence-electron chi connectivity index (χ3n) is 4.04. The van der Waals surface area contributed by atoms with E-state index < -0.39 is 0 Å². The van der Waals surface area contributed by atoms with Gasteiger partial charge in [0.05, 0.1) is 6.54 Å². The number of amides is 1. The van der Waals surface area contributed by atoms with Crippen LogP contribution in [-0.2, 0) is 4.79 Å². The minimum atomic E-state index is 0.